The Kier molecular flexibility index (Phi) is 2.42. The van der Waals surface area contributed by atoms with E-state index in [1.807, 2.05) is 0 Å². The van der Waals surface area contributed by atoms with Crippen LogP contribution in [0.2, 0.25) is 0 Å². The average molecular weight is 227 g/mol. The van der Waals surface area contributed by atoms with Crippen LogP contribution in [-0.2, 0) is 10.2 Å². The smallest absolute Gasteiger partial charge is 0.321 e. The van der Waals surface area contributed by atoms with Gasteiger partial charge in [-0.1, -0.05) is 6.07 Å². The molecule has 1 aliphatic carbocycles. The maximum Gasteiger partial charge on any atom is 0.321 e. The minimum Gasteiger partial charge on any atom is -0.480 e. The van der Waals surface area contributed by atoms with Gasteiger partial charge in [0.15, 0.2) is 0 Å². The Morgan fingerprint density at radius 1 is 1.38 bits per heavy atom. The summed E-state index contributed by atoms with van der Waals surface area (Å²) in [6, 6.07) is 2.22. The third-order valence-electron chi connectivity index (χ3n) is 3.11. The molecule has 0 spiro atoms. The Bertz CT molecular complexity index is 423. The molecule has 1 unspecified atom stereocenters. The molecule has 0 amide bonds. The molecule has 2 rings (SSSR count). The van der Waals surface area contributed by atoms with Crippen LogP contribution < -0.4 is 5.73 Å². The Labute approximate surface area is 90.9 Å². The molecule has 0 aliphatic heterocycles. The molecule has 0 radical (unpaired) electrons. The van der Waals surface area contributed by atoms with E-state index in [2.05, 4.69) is 0 Å². The van der Waals surface area contributed by atoms with Gasteiger partial charge in [0, 0.05) is 11.0 Å². The Morgan fingerprint density at radius 2 is 1.88 bits per heavy atom. The summed E-state index contributed by atoms with van der Waals surface area (Å²) < 4.78 is 27.0. The van der Waals surface area contributed by atoms with Gasteiger partial charge in [0.2, 0.25) is 0 Å². The van der Waals surface area contributed by atoms with Crippen molar-refractivity contribution in [3.05, 3.63) is 35.4 Å². The molecule has 5 heteroatoms. The van der Waals surface area contributed by atoms with Crippen molar-refractivity contribution >= 4 is 5.97 Å². The highest BCUT2D eigenvalue weighted by atomic mass is 19.1. The first-order valence-electron chi connectivity index (χ1n) is 4.92. The Morgan fingerprint density at radius 3 is 2.25 bits per heavy atom. The lowest BCUT2D eigenvalue weighted by Crippen LogP contribution is -2.42. The van der Waals surface area contributed by atoms with E-state index in [0.29, 0.717) is 12.8 Å². The highest BCUT2D eigenvalue weighted by molar-refractivity contribution is 5.77. The molecule has 3 nitrogen and oxygen atoms in total. The van der Waals surface area contributed by atoms with E-state index in [0.717, 1.165) is 12.1 Å². The summed E-state index contributed by atoms with van der Waals surface area (Å²) in [4.78, 5) is 10.8. The van der Waals surface area contributed by atoms with Crippen molar-refractivity contribution in [1.82, 2.24) is 0 Å². The van der Waals surface area contributed by atoms with Crippen molar-refractivity contribution in [3.8, 4) is 0 Å². The average Bonchev–Trinajstić information content (AvgIpc) is 2.97. The number of carbonyl (C=O) groups is 1. The lowest BCUT2D eigenvalue weighted by Gasteiger charge is -2.21. The summed E-state index contributed by atoms with van der Waals surface area (Å²) in [5, 5.41) is 8.83. The standard InChI is InChI=1S/C11H11F2NO2/c12-6-2-1-3-7(13)8(6)11(4-5-11)9(14)10(15)16/h1-3,9H,4-5,14H2,(H,15,16). The van der Waals surface area contributed by atoms with Crippen molar-refractivity contribution in [2.24, 2.45) is 5.73 Å². The van der Waals surface area contributed by atoms with Crippen LogP contribution >= 0.6 is 0 Å². The van der Waals surface area contributed by atoms with E-state index in [9.17, 15) is 13.6 Å². The van der Waals surface area contributed by atoms with E-state index >= 15 is 0 Å². The number of hydrogen-bond donors (Lipinski definition) is 2. The highest BCUT2D eigenvalue weighted by Gasteiger charge is 2.55. The van der Waals surface area contributed by atoms with Gasteiger partial charge in [-0.2, -0.15) is 0 Å². The van der Waals surface area contributed by atoms with Crippen LogP contribution in [0, 0.1) is 11.6 Å². The van der Waals surface area contributed by atoms with Gasteiger partial charge in [0.1, 0.15) is 17.7 Å². The zero-order chi connectivity index (χ0) is 11.9. The number of benzene rings is 1. The number of nitrogens with two attached hydrogens (primary N) is 1. The Balaban J connectivity index is 2.48. The number of aliphatic carboxylic acids is 1. The Hall–Kier alpha value is -1.49. The predicted octanol–water partition coefficient (Wildman–Crippen LogP) is 1.41. The fourth-order valence-corrected chi connectivity index (χ4v) is 2.06. The van der Waals surface area contributed by atoms with Crippen LogP contribution in [0.1, 0.15) is 18.4 Å². The molecule has 0 aromatic heterocycles. The second kappa shape index (κ2) is 3.52. The number of carboxylic acids is 1. The highest BCUT2D eigenvalue weighted by Crippen LogP contribution is 2.52. The normalized spacial score (nSPS) is 19.2. The van der Waals surface area contributed by atoms with Crippen LogP contribution in [-0.4, -0.2) is 17.1 Å². The van der Waals surface area contributed by atoms with Gasteiger partial charge in [-0.05, 0) is 25.0 Å². The van der Waals surface area contributed by atoms with Crippen molar-refractivity contribution in [2.75, 3.05) is 0 Å². The fourth-order valence-electron chi connectivity index (χ4n) is 2.06. The lowest BCUT2D eigenvalue weighted by atomic mass is 9.87. The molecule has 3 N–H and O–H groups in total. The summed E-state index contributed by atoms with van der Waals surface area (Å²) >= 11 is 0. The van der Waals surface area contributed by atoms with Crippen LogP contribution in [0.15, 0.2) is 18.2 Å². The summed E-state index contributed by atoms with van der Waals surface area (Å²) in [6.07, 6.45) is 0.802. The molecule has 16 heavy (non-hydrogen) atoms. The molecule has 0 saturated heterocycles. The summed E-state index contributed by atoms with van der Waals surface area (Å²) in [7, 11) is 0. The lowest BCUT2D eigenvalue weighted by molar-refractivity contribution is -0.139. The first-order valence-corrected chi connectivity index (χ1v) is 4.92. The molecule has 1 atom stereocenters. The van der Waals surface area contributed by atoms with Gasteiger partial charge in [-0.15, -0.1) is 0 Å². The number of rotatable bonds is 3. The predicted molar refractivity (Wildman–Crippen MR) is 52.9 cm³/mol. The van der Waals surface area contributed by atoms with Crippen molar-refractivity contribution in [1.29, 1.82) is 0 Å². The first kappa shape index (κ1) is 11.0. The molecule has 0 bridgehead atoms. The van der Waals surface area contributed by atoms with E-state index in [-0.39, 0.29) is 5.56 Å². The van der Waals surface area contributed by atoms with Crippen LogP contribution in [0.25, 0.3) is 0 Å². The molecule has 0 heterocycles. The van der Waals surface area contributed by atoms with E-state index < -0.39 is 29.1 Å². The topological polar surface area (TPSA) is 63.3 Å². The number of hydrogen-bond acceptors (Lipinski definition) is 2. The van der Waals surface area contributed by atoms with Crippen molar-refractivity contribution < 1.29 is 18.7 Å². The summed E-state index contributed by atoms with van der Waals surface area (Å²) in [6.45, 7) is 0. The van der Waals surface area contributed by atoms with Crippen molar-refractivity contribution in [3.63, 3.8) is 0 Å². The molecule has 1 aliphatic rings. The SMILES string of the molecule is NC(C(=O)O)C1(c2c(F)cccc2F)CC1. The largest absolute Gasteiger partial charge is 0.480 e. The minimum absolute atomic E-state index is 0.190. The van der Waals surface area contributed by atoms with Crippen LogP contribution in [0.5, 0.6) is 0 Å². The molecule has 1 aromatic carbocycles. The van der Waals surface area contributed by atoms with E-state index in [1.165, 1.54) is 6.07 Å². The minimum atomic E-state index is -1.26. The van der Waals surface area contributed by atoms with Crippen LogP contribution in [0.4, 0.5) is 8.78 Å². The van der Waals surface area contributed by atoms with Gasteiger partial charge < -0.3 is 10.8 Å². The van der Waals surface area contributed by atoms with Crippen molar-refractivity contribution in [2.45, 2.75) is 24.3 Å². The summed E-state index contributed by atoms with van der Waals surface area (Å²) in [5.74, 6) is -2.69. The van der Waals surface area contributed by atoms with Gasteiger partial charge in [0.25, 0.3) is 0 Å². The number of halogens is 2. The third kappa shape index (κ3) is 1.48. The first-order chi connectivity index (χ1) is 7.49. The fraction of sp³-hybridized carbons (Fsp3) is 0.364. The molecular weight excluding hydrogens is 216 g/mol. The maximum atomic E-state index is 13.5. The zero-order valence-electron chi connectivity index (χ0n) is 8.41. The van der Waals surface area contributed by atoms with Gasteiger partial charge in [0.05, 0.1) is 0 Å². The van der Waals surface area contributed by atoms with Gasteiger partial charge >= 0.3 is 5.97 Å². The molecule has 86 valence electrons. The maximum absolute atomic E-state index is 13.5. The molecule has 1 fully saturated rings. The molecule has 1 saturated carbocycles. The molecule has 1 aromatic rings. The van der Waals surface area contributed by atoms with E-state index in [4.69, 9.17) is 10.8 Å². The van der Waals surface area contributed by atoms with Gasteiger partial charge in [-0.25, -0.2) is 8.78 Å². The number of carboxylic acid groups (broad SMARTS) is 1. The second-order valence-electron chi connectivity index (χ2n) is 4.07. The molecular formula is C11H11F2NO2. The summed E-state index contributed by atoms with van der Waals surface area (Å²) in [5.41, 5.74) is 4.24. The third-order valence-corrected chi connectivity index (χ3v) is 3.11. The monoisotopic (exact) mass is 227 g/mol. The van der Waals surface area contributed by atoms with Crippen LogP contribution in [0.3, 0.4) is 0 Å². The van der Waals surface area contributed by atoms with E-state index in [1.54, 1.807) is 0 Å². The zero-order valence-corrected chi connectivity index (χ0v) is 8.41. The van der Waals surface area contributed by atoms with Gasteiger partial charge in [-0.3, -0.25) is 4.79 Å². The second-order valence-corrected chi connectivity index (χ2v) is 4.07. The quantitative estimate of drug-likeness (QED) is 0.820.